The van der Waals surface area contributed by atoms with Crippen molar-refractivity contribution in [3.8, 4) is 0 Å². The van der Waals surface area contributed by atoms with Crippen molar-refractivity contribution in [2.75, 3.05) is 40.9 Å². The molecule has 0 heterocycles. The van der Waals surface area contributed by atoms with Crippen LogP contribution in [0.2, 0.25) is 0 Å². The van der Waals surface area contributed by atoms with Crippen LogP contribution >= 0.6 is 7.82 Å². The van der Waals surface area contributed by atoms with Crippen molar-refractivity contribution in [3.05, 3.63) is 72.9 Å². The molecule has 3 atom stereocenters. The first kappa shape index (κ1) is 69.5. The Bertz CT molecular complexity index is 1460. The van der Waals surface area contributed by atoms with Gasteiger partial charge in [-0.1, -0.05) is 216 Å². The van der Waals surface area contributed by atoms with Gasteiger partial charge in [-0.3, -0.25) is 14.2 Å². The second kappa shape index (κ2) is 51.9. The summed E-state index contributed by atoms with van der Waals surface area (Å²) in [5.74, 6) is -0.582. The summed E-state index contributed by atoms with van der Waals surface area (Å²) in [6.07, 6.45) is 65.8. The Morgan fingerprint density at radius 3 is 1.32 bits per heavy atom. The van der Waals surface area contributed by atoms with Gasteiger partial charge in [-0.05, 0) is 102 Å². The van der Waals surface area contributed by atoms with Gasteiger partial charge in [-0.25, -0.2) is 0 Å². The molecule has 72 heavy (non-hydrogen) atoms. The molecule has 0 aliphatic heterocycles. The van der Waals surface area contributed by atoms with Crippen LogP contribution in [-0.2, 0) is 27.9 Å². The number of nitrogens with zero attached hydrogens (tertiary/aromatic N) is 1. The summed E-state index contributed by atoms with van der Waals surface area (Å²) in [6, 6.07) is -0.905. The summed E-state index contributed by atoms with van der Waals surface area (Å²) < 4.78 is 30.2. The molecule has 10 heteroatoms. The predicted molar refractivity (Wildman–Crippen MR) is 307 cm³/mol. The zero-order valence-corrected chi connectivity index (χ0v) is 48.5. The predicted octanol–water partition coefficient (Wildman–Crippen LogP) is 17.4. The quantitative estimate of drug-likeness (QED) is 0.0212. The van der Waals surface area contributed by atoms with Gasteiger partial charge in [0.2, 0.25) is 5.91 Å². The third kappa shape index (κ3) is 52.3. The fourth-order valence-corrected chi connectivity index (χ4v) is 8.93. The number of carbonyl (C=O) groups excluding carboxylic acids is 2. The van der Waals surface area contributed by atoms with Gasteiger partial charge in [0, 0.05) is 12.8 Å². The van der Waals surface area contributed by atoms with E-state index in [-0.39, 0.29) is 24.9 Å². The van der Waals surface area contributed by atoms with E-state index < -0.39 is 26.6 Å². The van der Waals surface area contributed by atoms with E-state index in [0.717, 1.165) is 96.3 Å². The Hall–Kier alpha value is -2.55. The van der Waals surface area contributed by atoms with Gasteiger partial charge in [0.1, 0.15) is 19.3 Å². The Balaban J connectivity index is 5.31. The van der Waals surface area contributed by atoms with Crippen LogP contribution in [0, 0.1) is 0 Å². The minimum absolute atomic E-state index is 0.0305. The Labute approximate surface area is 444 Å². The number of phosphoric acid groups is 1. The summed E-state index contributed by atoms with van der Waals surface area (Å²) in [7, 11) is 1.16. The van der Waals surface area contributed by atoms with Crippen LogP contribution in [0.15, 0.2) is 72.9 Å². The van der Waals surface area contributed by atoms with E-state index in [0.29, 0.717) is 30.3 Å². The molecule has 3 unspecified atom stereocenters. The lowest BCUT2D eigenvalue weighted by Gasteiger charge is -2.30. The first-order chi connectivity index (χ1) is 34.9. The number of likely N-dealkylation sites (N-methyl/N-ethyl adjacent to an activating group) is 1. The molecule has 0 saturated carbocycles. The lowest BCUT2D eigenvalue weighted by atomic mass is 10.1. The number of hydrogen-bond donors (Lipinski definition) is 1. The molecule has 0 spiro atoms. The molecule has 0 aliphatic carbocycles. The monoisotopic (exact) mass is 1030 g/mol. The van der Waals surface area contributed by atoms with Crippen LogP contribution in [0.3, 0.4) is 0 Å². The van der Waals surface area contributed by atoms with Gasteiger partial charge in [-0.15, -0.1) is 0 Å². The number of esters is 1. The number of rotatable bonds is 53. The van der Waals surface area contributed by atoms with E-state index in [2.05, 4.69) is 86.8 Å². The number of amides is 1. The zero-order valence-electron chi connectivity index (χ0n) is 47.6. The summed E-state index contributed by atoms with van der Waals surface area (Å²) in [6.45, 7) is 6.77. The molecule has 0 aromatic rings. The molecule has 0 aliphatic rings. The van der Waals surface area contributed by atoms with Crippen LogP contribution < -0.4 is 10.2 Å². The van der Waals surface area contributed by atoms with Crippen molar-refractivity contribution < 1.29 is 37.3 Å². The normalized spacial score (nSPS) is 14.3. The van der Waals surface area contributed by atoms with Crippen molar-refractivity contribution in [3.63, 3.8) is 0 Å². The second-order valence-corrected chi connectivity index (χ2v) is 22.6. The molecule has 418 valence electrons. The maximum absolute atomic E-state index is 13.5. The Morgan fingerprint density at radius 2 is 0.847 bits per heavy atom. The minimum Gasteiger partial charge on any atom is -0.756 e. The number of nitrogens with one attached hydrogen (secondary N) is 1. The van der Waals surface area contributed by atoms with E-state index >= 15 is 0 Å². The van der Waals surface area contributed by atoms with Crippen molar-refractivity contribution in [2.24, 2.45) is 0 Å². The summed E-state index contributed by atoms with van der Waals surface area (Å²) >= 11 is 0. The highest BCUT2D eigenvalue weighted by Gasteiger charge is 2.27. The van der Waals surface area contributed by atoms with Gasteiger partial charge in [0.25, 0.3) is 7.82 Å². The summed E-state index contributed by atoms with van der Waals surface area (Å²) in [4.78, 5) is 39.8. The van der Waals surface area contributed by atoms with Crippen LogP contribution in [0.1, 0.15) is 258 Å². The number of quaternary nitrogens is 1. The van der Waals surface area contributed by atoms with E-state index in [1.54, 1.807) is 0 Å². The zero-order chi connectivity index (χ0) is 52.9. The SMILES string of the molecule is CCCCC/C=C\C/C=C\C/C=C\C/C=C\CCCCCCCC(=O)OC(/C=C\CCCCCCCCCCC)C(COP(=O)([O-])OCC[N+](C)(C)C)NC(=O)CCCCC/C=C\CCCCCCCCC. The maximum atomic E-state index is 13.5. The van der Waals surface area contributed by atoms with Crippen molar-refractivity contribution >= 4 is 19.7 Å². The number of carbonyl (C=O) groups is 2. The standard InChI is InChI=1S/C62H113N2O7P/c1-7-10-13-16-19-22-25-27-29-30-31-32-33-34-35-37-40-43-46-49-52-55-62(66)71-60(53-50-47-44-41-38-24-21-18-15-12-9-3)59(58-70-72(67,68)69-57-56-64(4,5)6)63-61(65)54-51-48-45-42-39-36-28-26-23-20-17-14-11-8-2/h19,22,27,29,31-32,34-36,39,50,53,59-60H,7-18,20-21,23-26,28,30,33,37-38,40-49,51-52,54-58H2,1-6H3,(H-,63,65,67,68)/b22-19-,29-27-,32-31-,35-34-,39-36-,53-50-. The number of phosphoric ester groups is 1. The lowest BCUT2D eigenvalue weighted by molar-refractivity contribution is -0.870. The number of allylic oxidation sites excluding steroid dienone is 11. The van der Waals surface area contributed by atoms with Crippen molar-refractivity contribution in [1.29, 1.82) is 0 Å². The summed E-state index contributed by atoms with van der Waals surface area (Å²) in [5.41, 5.74) is 0. The molecule has 0 fully saturated rings. The topological polar surface area (TPSA) is 114 Å². The van der Waals surface area contributed by atoms with Crippen LogP contribution in [0.5, 0.6) is 0 Å². The van der Waals surface area contributed by atoms with Crippen LogP contribution in [0.25, 0.3) is 0 Å². The van der Waals surface area contributed by atoms with Gasteiger partial charge in [-0.2, -0.15) is 0 Å². The van der Waals surface area contributed by atoms with Crippen LogP contribution in [-0.4, -0.2) is 69.4 Å². The molecule has 9 nitrogen and oxygen atoms in total. The maximum Gasteiger partial charge on any atom is 0.306 e. The molecule has 0 aromatic carbocycles. The second-order valence-electron chi connectivity index (χ2n) is 21.1. The molecule has 0 bridgehead atoms. The van der Waals surface area contributed by atoms with Gasteiger partial charge in [0.15, 0.2) is 0 Å². The Kier molecular flexibility index (Phi) is 50.1. The van der Waals surface area contributed by atoms with Crippen LogP contribution in [0.4, 0.5) is 0 Å². The number of ether oxygens (including phenoxy) is 1. The first-order valence-electron chi connectivity index (χ1n) is 29.7. The number of hydrogen-bond acceptors (Lipinski definition) is 7. The third-order valence-corrected chi connectivity index (χ3v) is 13.8. The highest BCUT2D eigenvalue weighted by atomic mass is 31.2. The van der Waals surface area contributed by atoms with Gasteiger partial charge >= 0.3 is 5.97 Å². The number of unbranched alkanes of at least 4 members (excludes halogenated alkanes) is 27. The molecular formula is C62H113N2O7P. The van der Waals surface area contributed by atoms with E-state index in [1.807, 2.05) is 33.3 Å². The van der Waals surface area contributed by atoms with E-state index in [1.165, 1.54) is 116 Å². The largest absolute Gasteiger partial charge is 0.756 e. The fraction of sp³-hybridized carbons (Fsp3) is 0.774. The molecule has 1 amide bonds. The lowest BCUT2D eigenvalue weighted by Crippen LogP contribution is -2.47. The third-order valence-electron chi connectivity index (χ3n) is 12.9. The molecular weight excluding hydrogens is 916 g/mol. The molecule has 0 aromatic heterocycles. The van der Waals surface area contributed by atoms with E-state index in [9.17, 15) is 19.0 Å². The Morgan fingerprint density at radius 1 is 0.486 bits per heavy atom. The molecule has 0 saturated heterocycles. The van der Waals surface area contributed by atoms with Crippen molar-refractivity contribution in [1.82, 2.24) is 5.32 Å². The smallest absolute Gasteiger partial charge is 0.306 e. The van der Waals surface area contributed by atoms with Crippen molar-refractivity contribution in [2.45, 2.75) is 270 Å². The average molecular weight is 1030 g/mol. The molecule has 0 radical (unpaired) electrons. The van der Waals surface area contributed by atoms with E-state index in [4.69, 9.17) is 13.8 Å². The van der Waals surface area contributed by atoms with Gasteiger partial charge in [0.05, 0.1) is 33.8 Å². The van der Waals surface area contributed by atoms with Gasteiger partial charge < -0.3 is 28.5 Å². The first-order valence-corrected chi connectivity index (χ1v) is 31.2. The highest BCUT2D eigenvalue weighted by molar-refractivity contribution is 7.45. The average Bonchev–Trinajstić information content (AvgIpc) is 3.34. The summed E-state index contributed by atoms with van der Waals surface area (Å²) in [5, 5.41) is 3.00. The minimum atomic E-state index is -4.70. The molecule has 1 N–H and O–H groups in total. The fourth-order valence-electron chi connectivity index (χ4n) is 8.20. The molecule has 0 rings (SSSR count). The highest BCUT2D eigenvalue weighted by Crippen LogP contribution is 2.38.